The molecule has 0 aliphatic carbocycles. The Balaban J connectivity index is 1.53. The number of aromatic nitrogens is 1. The maximum Gasteiger partial charge on any atom is 0.129 e. The Bertz CT molecular complexity index is 639. The van der Waals surface area contributed by atoms with Crippen LogP contribution in [-0.4, -0.2) is 34.7 Å². The molecule has 2 N–H and O–H groups in total. The van der Waals surface area contributed by atoms with Crippen LogP contribution in [0.2, 0.25) is 5.15 Å². The molecule has 0 amide bonds. The molecule has 1 aliphatic rings. The summed E-state index contributed by atoms with van der Waals surface area (Å²) in [7, 11) is 0. The molecule has 0 spiro atoms. The van der Waals surface area contributed by atoms with Crippen LogP contribution in [-0.2, 0) is 13.1 Å². The Morgan fingerprint density at radius 3 is 2.71 bits per heavy atom. The van der Waals surface area contributed by atoms with Gasteiger partial charge in [-0.1, -0.05) is 29.8 Å². The Morgan fingerprint density at radius 1 is 1.17 bits per heavy atom. The summed E-state index contributed by atoms with van der Waals surface area (Å²) in [6.07, 6.45) is 3.99. The number of aliphatic hydroxyl groups excluding tert-OH is 1. The van der Waals surface area contributed by atoms with Gasteiger partial charge in [0.15, 0.2) is 0 Å². The van der Waals surface area contributed by atoms with E-state index in [1.54, 1.807) is 6.20 Å². The van der Waals surface area contributed by atoms with Crippen LogP contribution in [0.25, 0.3) is 0 Å². The number of benzene rings is 1. The molecule has 0 unspecified atom stereocenters. The van der Waals surface area contributed by atoms with Gasteiger partial charge in [-0.25, -0.2) is 4.98 Å². The third-order valence-corrected chi connectivity index (χ3v) is 4.81. The van der Waals surface area contributed by atoms with Crippen LogP contribution in [0.1, 0.15) is 24.0 Å². The van der Waals surface area contributed by atoms with Crippen LogP contribution < -0.4 is 5.32 Å². The Labute approximate surface area is 148 Å². The summed E-state index contributed by atoms with van der Waals surface area (Å²) in [5, 5.41) is 13.2. The molecule has 1 saturated heterocycles. The molecule has 128 valence electrons. The molecule has 5 heteroatoms. The van der Waals surface area contributed by atoms with Crippen molar-refractivity contribution < 1.29 is 5.11 Å². The van der Waals surface area contributed by atoms with Crippen molar-refractivity contribution in [1.29, 1.82) is 0 Å². The zero-order valence-corrected chi connectivity index (χ0v) is 14.5. The number of nitrogens with zero attached hydrogens (tertiary/aromatic N) is 2. The van der Waals surface area contributed by atoms with Gasteiger partial charge in [0, 0.05) is 31.6 Å². The summed E-state index contributed by atoms with van der Waals surface area (Å²) in [4.78, 5) is 6.57. The van der Waals surface area contributed by atoms with Gasteiger partial charge in [0.25, 0.3) is 0 Å². The summed E-state index contributed by atoms with van der Waals surface area (Å²) in [5.74, 6) is 0.488. The molecular weight excluding hydrogens is 322 g/mol. The molecule has 1 aromatic heterocycles. The average molecular weight is 346 g/mol. The summed E-state index contributed by atoms with van der Waals surface area (Å²) in [6.45, 7) is 4.16. The average Bonchev–Trinajstić information content (AvgIpc) is 2.62. The van der Waals surface area contributed by atoms with E-state index in [1.807, 2.05) is 12.1 Å². The number of piperidine rings is 1. The third-order valence-electron chi connectivity index (χ3n) is 4.58. The normalized spacial score (nSPS) is 16.2. The van der Waals surface area contributed by atoms with Gasteiger partial charge in [-0.2, -0.15) is 0 Å². The first-order chi connectivity index (χ1) is 11.7. The van der Waals surface area contributed by atoms with Gasteiger partial charge in [0.2, 0.25) is 0 Å². The van der Waals surface area contributed by atoms with Crippen molar-refractivity contribution in [1.82, 2.24) is 9.88 Å². The fraction of sp³-hybridized carbons (Fsp3) is 0.421. The van der Waals surface area contributed by atoms with Crippen molar-refractivity contribution in [3.05, 3.63) is 58.9 Å². The molecule has 2 heterocycles. The van der Waals surface area contributed by atoms with Crippen LogP contribution in [0.4, 0.5) is 5.69 Å². The zero-order chi connectivity index (χ0) is 16.8. The van der Waals surface area contributed by atoms with Gasteiger partial charge < -0.3 is 10.4 Å². The topological polar surface area (TPSA) is 48.4 Å². The first kappa shape index (κ1) is 17.2. The predicted octanol–water partition coefficient (Wildman–Crippen LogP) is 3.55. The standard InChI is InChI=1S/C19H24ClN3O/c20-19-5-4-17(12-22-19)11-21-18-3-1-2-16(10-18)13-23-8-6-15(14-24)7-9-23/h1-5,10,12,15,21,24H,6-9,11,13-14H2. The smallest absolute Gasteiger partial charge is 0.129 e. The van der Waals surface area contributed by atoms with E-state index in [0.29, 0.717) is 17.7 Å². The number of rotatable bonds is 6. The third kappa shape index (κ3) is 4.94. The van der Waals surface area contributed by atoms with E-state index in [9.17, 15) is 5.11 Å². The summed E-state index contributed by atoms with van der Waals surface area (Å²) in [5.41, 5.74) is 3.54. The first-order valence-electron chi connectivity index (χ1n) is 8.49. The lowest BCUT2D eigenvalue weighted by Gasteiger charge is -2.31. The van der Waals surface area contributed by atoms with E-state index in [0.717, 1.165) is 50.3 Å². The Kier molecular flexibility index (Phi) is 6.07. The molecule has 0 bridgehead atoms. The molecule has 0 radical (unpaired) electrons. The number of nitrogens with one attached hydrogen (secondary N) is 1. The number of aliphatic hydroxyl groups is 1. The lowest BCUT2D eigenvalue weighted by molar-refractivity contribution is 0.127. The summed E-state index contributed by atoms with van der Waals surface area (Å²) < 4.78 is 0. The van der Waals surface area contributed by atoms with E-state index in [-0.39, 0.29) is 0 Å². The Morgan fingerprint density at radius 2 is 2.00 bits per heavy atom. The van der Waals surface area contributed by atoms with Gasteiger partial charge in [-0.3, -0.25) is 4.90 Å². The minimum atomic E-state index is 0.326. The summed E-state index contributed by atoms with van der Waals surface area (Å²) in [6, 6.07) is 12.4. The number of anilines is 1. The number of halogens is 1. The number of pyridine rings is 1. The fourth-order valence-corrected chi connectivity index (χ4v) is 3.19. The number of hydrogen-bond acceptors (Lipinski definition) is 4. The molecule has 1 aromatic carbocycles. The van der Waals surface area contributed by atoms with Crippen LogP contribution >= 0.6 is 11.6 Å². The van der Waals surface area contributed by atoms with Crippen LogP contribution in [0.5, 0.6) is 0 Å². The van der Waals surface area contributed by atoms with Crippen molar-refractivity contribution in [2.24, 2.45) is 5.92 Å². The van der Waals surface area contributed by atoms with E-state index in [1.165, 1.54) is 5.56 Å². The Hall–Kier alpha value is -1.62. The first-order valence-corrected chi connectivity index (χ1v) is 8.87. The lowest BCUT2D eigenvalue weighted by atomic mass is 9.97. The van der Waals surface area contributed by atoms with E-state index in [4.69, 9.17) is 11.6 Å². The molecule has 1 fully saturated rings. The highest BCUT2D eigenvalue weighted by molar-refractivity contribution is 6.29. The van der Waals surface area contributed by atoms with Gasteiger partial charge in [-0.15, -0.1) is 0 Å². The molecule has 0 atom stereocenters. The second kappa shape index (κ2) is 8.47. The van der Waals surface area contributed by atoms with Crippen molar-refractivity contribution in [2.45, 2.75) is 25.9 Å². The van der Waals surface area contributed by atoms with Gasteiger partial charge >= 0.3 is 0 Å². The van der Waals surface area contributed by atoms with Crippen LogP contribution in [0, 0.1) is 5.92 Å². The quantitative estimate of drug-likeness (QED) is 0.786. The summed E-state index contributed by atoms with van der Waals surface area (Å²) >= 11 is 5.81. The molecule has 2 aromatic rings. The van der Waals surface area contributed by atoms with Crippen molar-refractivity contribution in [3.63, 3.8) is 0 Å². The highest BCUT2D eigenvalue weighted by Gasteiger charge is 2.18. The van der Waals surface area contributed by atoms with E-state index >= 15 is 0 Å². The molecule has 1 aliphatic heterocycles. The highest BCUT2D eigenvalue weighted by Crippen LogP contribution is 2.20. The minimum absolute atomic E-state index is 0.326. The van der Waals surface area contributed by atoms with E-state index < -0.39 is 0 Å². The van der Waals surface area contributed by atoms with Gasteiger partial charge in [0.1, 0.15) is 5.15 Å². The minimum Gasteiger partial charge on any atom is -0.396 e. The molecule has 4 nitrogen and oxygen atoms in total. The second-order valence-corrected chi connectivity index (χ2v) is 6.83. The van der Waals surface area contributed by atoms with Gasteiger partial charge in [-0.05, 0) is 61.2 Å². The van der Waals surface area contributed by atoms with Crippen LogP contribution in [0.15, 0.2) is 42.6 Å². The molecule has 0 saturated carbocycles. The maximum atomic E-state index is 9.23. The lowest BCUT2D eigenvalue weighted by Crippen LogP contribution is -2.34. The molecular formula is C19H24ClN3O. The highest BCUT2D eigenvalue weighted by atomic mass is 35.5. The monoisotopic (exact) mass is 345 g/mol. The van der Waals surface area contributed by atoms with Crippen LogP contribution in [0.3, 0.4) is 0 Å². The largest absolute Gasteiger partial charge is 0.396 e. The predicted molar refractivity (Wildman–Crippen MR) is 98.1 cm³/mol. The van der Waals surface area contributed by atoms with E-state index in [2.05, 4.69) is 39.5 Å². The molecule has 24 heavy (non-hydrogen) atoms. The van der Waals surface area contributed by atoms with Crippen molar-refractivity contribution in [2.75, 3.05) is 25.0 Å². The second-order valence-electron chi connectivity index (χ2n) is 6.45. The van der Waals surface area contributed by atoms with Crippen molar-refractivity contribution in [3.8, 4) is 0 Å². The number of likely N-dealkylation sites (tertiary alicyclic amines) is 1. The fourth-order valence-electron chi connectivity index (χ4n) is 3.08. The SMILES string of the molecule is OCC1CCN(Cc2cccc(NCc3ccc(Cl)nc3)c2)CC1. The molecule has 3 rings (SSSR count). The van der Waals surface area contributed by atoms with Gasteiger partial charge in [0.05, 0.1) is 0 Å². The zero-order valence-electron chi connectivity index (χ0n) is 13.8. The number of hydrogen-bond donors (Lipinski definition) is 2. The maximum absolute atomic E-state index is 9.23. The van der Waals surface area contributed by atoms with Crippen molar-refractivity contribution >= 4 is 17.3 Å².